The summed E-state index contributed by atoms with van der Waals surface area (Å²) in [5, 5.41) is 11.3. The number of benzene rings is 1. The first kappa shape index (κ1) is 20.1. The summed E-state index contributed by atoms with van der Waals surface area (Å²) in [6.07, 6.45) is 2.40. The number of nitrogens with zero attached hydrogens (tertiary/aromatic N) is 3. The van der Waals surface area contributed by atoms with Crippen molar-refractivity contribution in [2.75, 3.05) is 13.6 Å². The highest BCUT2D eigenvalue weighted by Crippen LogP contribution is 2.21. The van der Waals surface area contributed by atoms with E-state index in [1.807, 2.05) is 12.1 Å². The molecule has 0 unspecified atom stereocenters. The van der Waals surface area contributed by atoms with Crippen LogP contribution in [-0.4, -0.2) is 39.8 Å². The maximum atomic E-state index is 13.3. The van der Waals surface area contributed by atoms with Crippen molar-refractivity contribution in [2.45, 2.75) is 32.6 Å². The lowest BCUT2D eigenvalue weighted by Crippen LogP contribution is -2.28. The van der Waals surface area contributed by atoms with E-state index in [0.29, 0.717) is 30.8 Å². The van der Waals surface area contributed by atoms with Crippen LogP contribution >= 0.6 is 11.6 Å². The van der Waals surface area contributed by atoms with Gasteiger partial charge >= 0.3 is 0 Å². The molecule has 2 heterocycles. The largest absolute Gasteiger partial charge is 0.346 e. The molecule has 3 aromatic rings. The van der Waals surface area contributed by atoms with Gasteiger partial charge in [-0.1, -0.05) is 17.3 Å². The third-order valence-corrected chi connectivity index (χ3v) is 4.94. The molecule has 148 valence electrons. The fraction of sp³-hybridized carbons (Fsp3) is 0.350. The molecule has 0 spiro atoms. The number of carbonyl (C=O) groups is 1. The second-order valence-corrected chi connectivity index (χ2v) is 7.07. The lowest BCUT2D eigenvalue weighted by molar-refractivity contribution is -0.129. The molecule has 0 fully saturated rings. The van der Waals surface area contributed by atoms with E-state index in [0.717, 1.165) is 29.7 Å². The van der Waals surface area contributed by atoms with E-state index in [-0.39, 0.29) is 16.9 Å². The monoisotopic (exact) mass is 404 g/mol. The predicted molar refractivity (Wildman–Crippen MR) is 105 cm³/mol. The van der Waals surface area contributed by atoms with Crippen LogP contribution < -0.4 is 0 Å². The molecule has 0 bridgehead atoms. The van der Waals surface area contributed by atoms with Gasteiger partial charge in [0.25, 0.3) is 0 Å². The van der Waals surface area contributed by atoms with E-state index in [1.54, 1.807) is 24.9 Å². The second-order valence-electron chi connectivity index (χ2n) is 6.73. The van der Waals surface area contributed by atoms with E-state index >= 15 is 0 Å². The molecule has 0 saturated carbocycles. The molecule has 2 aromatic heterocycles. The summed E-state index contributed by atoms with van der Waals surface area (Å²) < 4.78 is 18.2. The Bertz CT molecular complexity index is 934. The summed E-state index contributed by atoms with van der Waals surface area (Å²) in [7, 11) is 1.79. The number of aromatic nitrogens is 3. The summed E-state index contributed by atoms with van der Waals surface area (Å²) in [4.78, 5) is 14.0. The fourth-order valence-electron chi connectivity index (χ4n) is 2.98. The lowest BCUT2D eigenvalue weighted by Gasteiger charge is -2.16. The zero-order chi connectivity index (χ0) is 20.1. The SMILES string of the molecule is Cc1noc(Cl)c1CCC(=O)N(C)CCCc1cc(-c2cccc(F)c2)n[nH]1. The molecular weight excluding hydrogens is 383 g/mol. The van der Waals surface area contributed by atoms with Crippen molar-refractivity contribution in [3.63, 3.8) is 0 Å². The van der Waals surface area contributed by atoms with Crippen molar-refractivity contribution in [1.82, 2.24) is 20.3 Å². The van der Waals surface area contributed by atoms with Crippen molar-refractivity contribution in [3.05, 3.63) is 58.3 Å². The summed E-state index contributed by atoms with van der Waals surface area (Å²) in [6.45, 7) is 2.44. The van der Waals surface area contributed by atoms with Gasteiger partial charge in [-0.2, -0.15) is 5.10 Å². The second kappa shape index (κ2) is 9.01. The molecule has 1 amide bonds. The number of aromatic amines is 1. The number of aryl methyl sites for hydroxylation is 2. The zero-order valence-corrected chi connectivity index (χ0v) is 16.6. The average molecular weight is 405 g/mol. The summed E-state index contributed by atoms with van der Waals surface area (Å²) in [5.74, 6) is -0.244. The first-order chi connectivity index (χ1) is 13.4. The minimum atomic E-state index is -0.287. The maximum Gasteiger partial charge on any atom is 0.229 e. The van der Waals surface area contributed by atoms with E-state index < -0.39 is 0 Å². The van der Waals surface area contributed by atoms with Gasteiger partial charge in [0, 0.05) is 36.8 Å². The van der Waals surface area contributed by atoms with Crippen LogP contribution in [-0.2, 0) is 17.6 Å². The fourth-order valence-corrected chi connectivity index (χ4v) is 3.25. The Morgan fingerprint density at radius 2 is 2.14 bits per heavy atom. The van der Waals surface area contributed by atoms with Gasteiger partial charge in [-0.3, -0.25) is 9.89 Å². The minimum absolute atomic E-state index is 0.0433. The Labute approximate surface area is 167 Å². The molecule has 0 aliphatic heterocycles. The van der Waals surface area contributed by atoms with Gasteiger partial charge < -0.3 is 9.42 Å². The van der Waals surface area contributed by atoms with E-state index in [2.05, 4.69) is 15.4 Å². The van der Waals surface area contributed by atoms with Gasteiger partial charge in [0.1, 0.15) is 5.82 Å². The molecule has 0 atom stereocenters. The van der Waals surface area contributed by atoms with Crippen molar-refractivity contribution >= 4 is 17.5 Å². The molecule has 3 rings (SSSR count). The minimum Gasteiger partial charge on any atom is -0.346 e. The molecule has 0 radical (unpaired) electrons. The first-order valence-corrected chi connectivity index (χ1v) is 9.46. The summed E-state index contributed by atoms with van der Waals surface area (Å²) in [6, 6.07) is 8.25. The van der Waals surface area contributed by atoms with Crippen molar-refractivity contribution in [1.29, 1.82) is 0 Å². The third-order valence-electron chi connectivity index (χ3n) is 4.64. The number of hydrogen-bond acceptors (Lipinski definition) is 4. The van der Waals surface area contributed by atoms with Crippen molar-refractivity contribution < 1.29 is 13.7 Å². The molecule has 1 aromatic carbocycles. The molecule has 0 aliphatic rings. The number of nitrogens with one attached hydrogen (secondary N) is 1. The molecule has 6 nitrogen and oxygen atoms in total. The topological polar surface area (TPSA) is 75.0 Å². The van der Waals surface area contributed by atoms with Crippen LogP contribution in [0, 0.1) is 12.7 Å². The number of H-pyrrole nitrogens is 1. The standard InChI is InChI=1S/C20H22ClFN4O2/c1-13-17(20(21)28-25-13)8-9-19(27)26(2)10-4-7-16-12-18(24-23-16)14-5-3-6-15(22)11-14/h3,5-6,11-12H,4,7-10H2,1-2H3,(H,23,24). The molecule has 1 N–H and O–H groups in total. The molecule has 28 heavy (non-hydrogen) atoms. The van der Waals surface area contributed by atoms with E-state index in [4.69, 9.17) is 16.1 Å². The Hall–Kier alpha value is -2.67. The Morgan fingerprint density at radius 3 is 2.86 bits per heavy atom. The Kier molecular flexibility index (Phi) is 6.46. The van der Waals surface area contributed by atoms with E-state index in [9.17, 15) is 9.18 Å². The molecular formula is C20H22ClFN4O2. The van der Waals surface area contributed by atoms with Crippen LogP contribution in [0.15, 0.2) is 34.9 Å². The van der Waals surface area contributed by atoms with Crippen LogP contribution in [0.5, 0.6) is 0 Å². The smallest absolute Gasteiger partial charge is 0.229 e. The van der Waals surface area contributed by atoms with Crippen molar-refractivity contribution in [3.8, 4) is 11.3 Å². The van der Waals surface area contributed by atoms with Crippen LogP contribution in [0.25, 0.3) is 11.3 Å². The Balaban J connectivity index is 1.45. The van der Waals surface area contributed by atoms with Crippen LogP contribution in [0.1, 0.15) is 29.8 Å². The van der Waals surface area contributed by atoms with Gasteiger partial charge in [-0.15, -0.1) is 0 Å². The molecule has 0 saturated heterocycles. The van der Waals surface area contributed by atoms with Crippen LogP contribution in [0.4, 0.5) is 4.39 Å². The van der Waals surface area contributed by atoms with Crippen LogP contribution in [0.3, 0.4) is 0 Å². The lowest BCUT2D eigenvalue weighted by atomic mass is 10.1. The highest BCUT2D eigenvalue weighted by molar-refractivity contribution is 6.29. The summed E-state index contributed by atoms with van der Waals surface area (Å²) in [5.41, 5.74) is 3.89. The number of rotatable bonds is 8. The quantitative estimate of drug-likeness (QED) is 0.610. The van der Waals surface area contributed by atoms with Gasteiger partial charge in [0.15, 0.2) is 0 Å². The third kappa shape index (κ3) is 4.98. The van der Waals surface area contributed by atoms with Gasteiger partial charge in [0.05, 0.1) is 11.4 Å². The maximum absolute atomic E-state index is 13.3. The van der Waals surface area contributed by atoms with Gasteiger partial charge in [0.2, 0.25) is 11.1 Å². The van der Waals surface area contributed by atoms with Crippen LogP contribution in [0.2, 0.25) is 5.22 Å². The predicted octanol–water partition coefficient (Wildman–Crippen LogP) is 4.19. The molecule has 8 heteroatoms. The van der Waals surface area contributed by atoms with Gasteiger partial charge in [-0.25, -0.2) is 4.39 Å². The first-order valence-electron chi connectivity index (χ1n) is 9.09. The molecule has 0 aliphatic carbocycles. The number of halogens is 2. The summed E-state index contributed by atoms with van der Waals surface area (Å²) >= 11 is 5.93. The van der Waals surface area contributed by atoms with Gasteiger partial charge in [-0.05, 0) is 56.0 Å². The zero-order valence-electron chi connectivity index (χ0n) is 15.8. The number of hydrogen-bond donors (Lipinski definition) is 1. The van der Waals surface area contributed by atoms with E-state index in [1.165, 1.54) is 12.1 Å². The number of amides is 1. The highest BCUT2D eigenvalue weighted by atomic mass is 35.5. The normalized spacial score (nSPS) is 11.0. The average Bonchev–Trinajstić information content (AvgIpc) is 3.27. The van der Waals surface area contributed by atoms with Crippen molar-refractivity contribution in [2.24, 2.45) is 0 Å². The highest BCUT2D eigenvalue weighted by Gasteiger charge is 2.15. The number of carbonyl (C=O) groups excluding carboxylic acids is 1. The Morgan fingerprint density at radius 1 is 1.32 bits per heavy atom.